The zero-order valence-corrected chi connectivity index (χ0v) is 31.0. The number of benzene rings is 4. The van der Waals surface area contributed by atoms with Crippen LogP contribution in [0.25, 0.3) is 22.2 Å². The number of likely N-dealkylation sites (tertiary alicyclic amines) is 1. The van der Waals surface area contributed by atoms with Gasteiger partial charge in [-0.3, -0.25) is 9.36 Å². The molecule has 9 nitrogen and oxygen atoms in total. The molecule has 0 saturated carbocycles. The molecule has 1 aromatic heterocycles. The number of aliphatic hydroxyl groups excluding tert-OH is 1. The van der Waals surface area contributed by atoms with E-state index in [4.69, 9.17) is 44.3 Å². The van der Waals surface area contributed by atoms with Crippen molar-refractivity contribution in [3.05, 3.63) is 130 Å². The van der Waals surface area contributed by atoms with Crippen molar-refractivity contribution in [3.63, 3.8) is 0 Å². The van der Waals surface area contributed by atoms with Gasteiger partial charge in [0.2, 0.25) is 0 Å². The first-order chi connectivity index (χ1) is 25.1. The number of alkyl halides is 3. The summed E-state index contributed by atoms with van der Waals surface area (Å²) < 4.78 is 13.4. The first kappa shape index (κ1) is 36.7. The lowest BCUT2D eigenvalue weighted by molar-refractivity contribution is -0.276. The number of aromatic nitrogens is 2. The van der Waals surface area contributed by atoms with Gasteiger partial charge in [0, 0.05) is 43.7 Å². The van der Waals surface area contributed by atoms with Crippen molar-refractivity contribution in [1.82, 2.24) is 19.8 Å². The van der Waals surface area contributed by atoms with E-state index in [1.807, 2.05) is 102 Å². The largest absolute Gasteiger partial charge is 0.392 e. The Balaban J connectivity index is 1.09. The molecule has 2 saturated heterocycles. The van der Waals surface area contributed by atoms with Crippen LogP contribution in [0.15, 0.2) is 102 Å². The number of aromatic amines is 1. The number of aliphatic hydroxyl groups is 1. The minimum Gasteiger partial charge on any atom is -0.392 e. The number of nitrogens with zero attached hydrogens (tertiary/aromatic N) is 2. The number of hydrogen-bond acceptors (Lipinski definition) is 6. The van der Waals surface area contributed by atoms with Gasteiger partial charge in [0.25, 0.3) is 9.70 Å². The van der Waals surface area contributed by atoms with E-state index in [2.05, 4.69) is 22.1 Å². The Hall–Kier alpha value is -3.67. The third-order valence-electron chi connectivity index (χ3n) is 10.3. The van der Waals surface area contributed by atoms with Crippen LogP contribution in [0, 0.1) is 5.92 Å². The SMILES string of the molecule is C[C@H]1[C@@H](CN2CCC(n3c(=O)[nH]c4ccccc43)CC2)O[C@@H](c2ccc(-c3ccccc3CNC(=O)C(Cl)(Cl)Cl)cc2)O[C@H]1c1ccc(CO)cc1. The van der Waals surface area contributed by atoms with Crippen molar-refractivity contribution < 1.29 is 19.4 Å². The second-order valence-corrected chi connectivity index (χ2v) is 15.9. The average Bonchev–Trinajstić information content (AvgIpc) is 3.50. The highest BCUT2D eigenvalue weighted by Crippen LogP contribution is 2.42. The van der Waals surface area contributed by atoms with E-state index >= 15 is 0 Å². The molecule has 2 fully saturated rings. The first-order valence-corrected chi connectivity index (χ1v) is 18.7. The zero-order chi connectivity index (χ0) is 36.4. The lowest BCUT2D eigenvalue weighted by Gasteiger charge is -2.44. The summed E-state index contributed by atoms with van der Waals surface area (Å²) in [5.41, 5.74) is 7.29. The molecule has 0 unspecified atom stereocenters. The molecule has 0 spiro atoms. The zero-order valence-electron chi connectivity index (χ0n) is 28.7. The van der Waals surface area contributed by atoms with Crippen molar-refractivity contribution in [2.45, 2.75) is 61.2 Å². The summed E-state index contributed by atoms with van der Waals surface area (Å²) in [6, 6.07) is 31.7. The number of para-hydroxylation sites is 2. The van der Waals surface area contributed by atoms with Crippen LogP contribution in [-0.2, 0) is 27.4 Å². The minimum atomic E-state index is -2.04. The van der Waals surface area contributed by atoms with Crippen molar-refractivity contribution in [3.8, 4) is 11.1 Å². The first-order valence-electron chi connectivity index (χ1n) is 17.5. The van der Waals surface area contributed by atoms with Crippen LogP contribution in [0.4, 0.5) is 0 Å². The van der Waals surface area contributed by atoms with Crippen LogP contribution in [0.3, 0.4) is 0 Å². The quantitative estimate of drug-likeness (QED) is 0.134. The maximum absolute atomic E-state index is 12.9. The molecule has 4 atom stereocenters. The van der Waals surface area contributed by atoms with E-state index in [0.717, 1.165) is 76.9 Å². The fourth-order valence-corrected chi connectivity index (χ4v) is 7.63. The molecule has 2 aliphatic rings. The van der Waals surface area contributed by atoms with E-state index in [1.54, 1.807) is 0 Å². The maximum Gasteiger partial charge on any atom is 0.326 e. The van der Waals surface area contributed by atoms with Gasteiger partial charge in [-0.25, -0.2) is 4.79 Å². The Kier molecular flexibility index (Phi) is 11.1. The molecule has 0 radical (unpaired) electrons. The summed E-state index contributed by atoms with van der Waals surface area (Å²) in [7, 11) is 0. The van der Waals surface area contributed by atoms with Gasteiger partial charge >= 0.3 is 5.69 Å². The Morgan fingerprint density at radius 1 is 0.904 bits per heavy atom. The number of halogens is 3. The van der Waals surface area contributed by atoms with Crippen LogP contribution >= 0.6 is 34.8 Å². The molecule has 52 heavy (non-hydrogen) atoms. The highest BCUT2D eigenvalue weighted by atomic mass is 35.6. The number of ether oxygens (including phenoxy) is 2. The molecule has 1 amide bonds. The van der Waals surface area contributed by atoms with Crippen LogP contribution in [0.1, 0.15) is 60.5 Å². The van der Waals surface area contributed by atoms with Crippen LogP contribution in [-0.4, -0.2) is 55.0 Å². The third kappa shape index (κ3) is 7.96. The topological polar surface area (TPSA) is 109 Å². The highest BCUT2D eigenvalue weighted by molar-refractivity contribution is 6.76. The second-order valence-electron chi connectivity index (χ2n) is 13.6. The molecular weight excluding hydrogens is 723 g/mol. The van der Waals surface area contributed by atoms with Crippen molar-refractivity contribution in [2.24, 2.45) is 5.92 Å². The summed E-state index contributed by atoms with van der Waals surface area (Å²) >= 11 is 17.3. The predicted molar refractivity (Wildman–Crippen MR) is 204 cm³/mol. The molecule has 2 aliphatic heterocycles. The number of imidazole rings is 1. The van der Waals surface area contributed by atoms with Crippen LogP contribution in [0.5, 0.6) is 0 Å². The Labute approximate surface area is 317 Å². The predicted octanol–water partition coefficient (Wildman–Crippen LogP) is 7.60. The maximum atomic E-state index is 12.9. The number of hydrogen-bond donors (Lipinski definition) is 3. The van der Waals surface area contributed by atoms with Gasteiger partial charge in [-0.2, -0.15) is 0 Å². The van der Waals surface area contributed by atoms with Gasteiger partial charge < -0.3 is 29.8 Å². The molecule has 4 aromatic carbocycles. The van der Waals surface area contributed by atoms with Gasteiger partial charge in [0.05, 0.1) is 29.8 Å². The summed E-state index contributed by atoms with van der Waals surface area (Å²) in [6.07, 6.45) is 0.757. The Bertz CT molecular complexity index is 2050. The normalized spacial score (nSPS) is 21.7. The number of carbonyl (C=O) groups excluding carboxylic acids is 1. The van der Waals surface area contributed by atoms with Crippen molar-refractivity contribution in [1.29, 1.82) is 0 Å². The summed E-state index contributed by atoms with van der Waals surface area (Å²) in [6.45, 7) is 4.77. The second kappa shape index (κ2) is 15.7. The molecule has 272 valence electrons. The summed E-state index contributed by atoms with van der Waals surface area (Å²) in [4.78, 5) is 30.5. The Morgan fingerprint density at radius 3 is 2.29 bits per heavy atom. The van der Waals surface area contributed by atoms with Gasteiger partial charge in [0.1, 0.15) is 0 Å². The number of H-pyrrole nitrogens is 1. The number of piperidine rings is 1. The van der Waals surface area contributed by atoms with Gasteiger partial charge in [-0.1, -0.05) is 127 Å². The van der Waals surface area contributed by atoms with Gasteiger partial charge in [0.15, 0.2) is 6.29 Å². The summed E-state index contributed by atoms with van der Waals surface area (Å²) in [5.74, 6) is -0.646. The standard InChI is InChI=1S/C40H41Cl3N4O5/c1-25-35(23-46-20-18-31(19-21-46)47-34-9-5-4-8-33(34)45-39(47)50)51-37(52-36(25)28-12-10-26(24-48)11-13-28)29-16-14-27(15-17-29)32-7-3-2-6-30(32)22-44-38(49)40(41,42)43/h2-17,25,31,35-37,48H,18-24H2,1H3,(H,44,49)(H,45,50)/t25-,35+,36+,37+/m0/s1. The average molecular weight is 764 g/mol. The molecule has 3 N–H and O–H groups in total. The number of nitrogens with one attached hydrogen (secondary N) is 2. The van der Waals surface area contributed by atoms with Crippen molar-refractivity contribution in [2.75, 3.05) is 19.6 Å². The number of carbonyl (C=O) groups is 1. The van der Waals surface area contributed by atoms with Crippen LogP contribution in [0.2, 0.25) is 0 Å². The molecule has 0 bridgehead atoms. The molecule has 12 heteroatoms. The van der Waals surface area contributed by atoms with E-state index in [9.17, 15) is 14.7 Å². The van der Waals surface area contributed by atoms with Gasteiger partial charge in [-0.05, 0) is 52.8 Å². The van der Waals surface area contributed by atoms with E-state index in [1.165, 1.54) is 0 Å². The lowest BCUT2D eigenvalue weighted by atomic mass is 9.89. The molecule has 3 heterocycles. The monoisotopic (exact) mass is 762 g/mol. The molecule has 5 aromatic rings. The van der Waals surface area contributed by atoms with E-state index in [0.29, 0.717) is 0 Å². The Morgan fingerprint density at radius 2 is 1.58 bits per heavy atom. The van der Waals surface area contributed by atoms with E-state index < -0.39 is 16.0 Å². The fraction of sp³-hybridized carbons (Fsp3) is 0.350. The van der Waals surface area contributed by atoms with E-state index in [-0.39, 0.29) is 43.0 Å². The highest BCUT2D eigenvalue weighted by Gasteiger charge is 2.40. The third-order valence-corrected chi connectivity index (χ3v) is 10.8. The van der Waals surface area contributed by atoms with Gasteiger partial charge in [-0.15, -0.1) is 0 Å². The molecular formula is C40H41Cl3N4O5. The summed E-state index contributed by atoms with van der Waals surface area (Å²) in [5, 5.41) is 12.3. The smallest absolute Gasteiger partial charge is 0.326 e. The minimum absolute atomic E-state index is 0.0227. The van der Waals surface area contributed by atoms with Crippen molar-refractivity contribution >= 4 is 51.7 Å². The lowest BCUT2D eigenvalue weighted by Crippen LogP contribution is -2.47. The number of fused-ring (bicyclic) bond motifs is 1. The molecule has 7 rings (SSSR count). The fourth-order valence-electron chi connectivity index (χ4n) is 7.43. The molecule has 0 aliphatic carbocycles. The number of rotatable bonds is 9. The number of amides is 1. The van der Waals surface area contributed by atoms with Crippen LogP contribution < -0.4 is 11.0 Å².